The fourth-order valence-corrected chi connectivity index (χ4v) is 5.47. The predicted octanol–water partition coefficient (Wildman–Crippen LogP) is 3.74. The first-order valence-electron chi connectivity index (χ1n) is 11.0. The molecule has 0 aromatic heterocycles. The van der Waals surface area contributed by atoms with Gasteiger partial charge in [0.05, 0.1) is 11.8 Å². The predicted molar refractivity (Wildman–Crippen MR) is 118 cm³/mol. The van der Waals surface area contributed by atoms with E-state index in [2.05, 4.69) is 17.5 Å². The van der Waals surface area contributed by atoms with Crippen molar-refractivity contribution >= 4 is 23.4 Å². The van der Waals surface area contributed by atoms with Crippen molar-refractivity contribution in [3.63, 3.8) is 0 Å². The molecule has 2 aromatic carbocycles. The third-order valence-electron chi connectivity index (χ3n) is 7.08. The minimum Gasteiger partial charge on any atom is -0.324 e. The molecule has 1 saturated carbocycles. The van der Waals surface area contributed by atoms with Crippen molar-refractivity contribution in [3.8, 4) is 0 Å². The molecule has 2 aromatic rings. The van der Waals surface area contributed by atoms with Gasteiger partial charge in [-0.05, 0) is 48.8 Å². The quantitative estimate of drug-likeness (QED) is 0.599. The topological polar surface area (TPSA) is 66.5 Å². The van der Waals surface area contributed by atoms with Gasteiger partial charge in [-0.2, -0.15) is 0 Å². The van der Waals surface area contributed by atoms with E-state index in [9.17, 15) is 14.4 Å². The highest BCUT2D eigenvalue weighted by molar-refractivity contribution is 6.10. The van der Waals surface area contributed by atoms with Crippen LogP contribution in [0, 0.1) is 30.6 Å². The molecule has 5 nitrogen and oxygen atoms in total. The lowest BCUT2D eigenvalue weighted by Gasteiger charge is -2.38. The van der Waals surface area contributed by atoms with Crippen molar-refractivity contribution in [1.82, 2.24) is 4.90 Å². The molecule has 1 aliphatic heterocycles. The van der Waals surface area contributed by atoms with E-state index in [1.807, 2.05) is 61.5 Å². The zero-order valence-corrected chi connectivity index (χ0v) is 17.5. The summed E-state index contributed by atoms with van der Waals surface area (Å²) in [6.07, 6.45) is 6.38. The second-order valence-electron chi connectivity index (χ2n) is 8.90. The molecule has 0 spiro atoms. The number of rotatable bonds is 5. The zero-order valence-electron chi connectivity index (χ0n) is 17.5. The van der Waals surface area contributed by atoms with Crippen LogP contribution in [0.3, 0.4) is 0 Å². The van der Waals surface area contributed by atoms with Gasteiger partial charge in [0.25, 0.3) is 0 Å². The highest BCUT2D eigenvalue weighted by Gasteiger charge is 2.58. The SMILES string of the molecule is Cc1ccccc1NC(=O)[C@H](Cc1ccccc1)N1C(=O)[C@@H]2[C@@H](C1=O)[C@H]1C=C[C@H]2CC1. The number of carbonyl (C=O) groups is 3. The van der Waals surface area contributed by atoms with E-state index >= 15 is 0 Å². The van der Waals surface area contributed by atoms with E-state index < -0.39 is 6.04 Å². The lowest BCUT2D eigenvalue weighted by atomic mass is 9.63. The van der Waals surface area contributed by atoms with E-state index in [4.69, 9.17) is 0 Å². The normalized spacial score (nSPS) is 27.3. The van der Waals surface area contributed by atoms with E-state index in [0.717, 1.165) is 24.0 Å². The van der Waals surface area contributed by atoms with Gasteiger partial charge in [0, 0.05) is 12.1 Å². The second kappa shape index (κ2) is 7.80. The number of nitrogens with one attached hydrogen (secondary N) is 1. The Balaban J connectivity index is 1.48. The van der Waals surface area contributed by atoms with Gasteiger partial charge in [-0.15, -0.1) is 0 Å². The summed E-state index contributed by atoms with van der Waals surface area (Å²) in [5.74, 6) is -1.12. The third-order valence-corrected chi connectivity index (χ3v) is 7.08. The number of aryl methyl sites for hydroxylation is 1. The van der Waals surface area contributed by atoms with Gasteiger partial charge in [-0.1, -0.05) is 60.7 Å². The highest BCUT2D eigenvalue weighted by atomic mass is 16.2. The lowest BCUT2D eigenvalue weighted by molar-refractivity contribution is -0.146. The van der Waals surface area contributed by atoms with Crippen molar-refractivity contribution < 1.29 is 14.4 Å². The summed E-state index contributed by atoms with van der Waals surface area (Å²) in [7, 11) is 0. The number of likely N-dealkylation sites (tertiary alicyclic amines) is 1. The summed E-state index contributed by atoms with van der Waals surface area (Å²) in [4.78, 5) is 41.7. The Morgan fingerprint density at radius 2 is 1.52 bits per heavy atom. The molecule has 0 radical (unpaired) electrons. The Morgan fingerprint density at radius 3 is 2.10 bits per heavy atom. The van der Waals surface area contributed by atoms with Crippen LogP contribution in [0.1, 0.15) is 24.0 Å². The van der Waals surface area contributed by atoms with Crippen LogP contribution < -0.4 is 5.32 Å². The van der Waals surface area contributed by atoms with E-state index in [-0.39, 0.29) is 41.4 Å². The van der Waals surface area contributed by atoms with Gasteiger partial charge in [-0.25, -0.2) is 0 Å². The minimum absolute atomic E-state index is 0.105. The zero-order chi connectivity index (χ0) is 21.5. The number of nitrogens with zero attached hydrogens (tertiary/aromatic N) is 1. The van der Waals surface area contributed by atoms with Gasteiger partial charge in [0.2, 0.25) is 17.7 Å². The maximum Gasteiger partial charge on any atom is 0.248 e. The van der Waals surface area contributed by atoms with Crippen LogP contribution in [-0.4, -0.2) is 28.7 Å². The molecule has 6 rings (SSSR count). The molecule has 3 aliphatic carbocycles. The van der Waals surface area contributed by atoms with E-state index in [1.54, 1.807) is 0 Å². The molecule has 1 N–H and O–H groups in total. The number of hydrogen-bond acceptors (Lipinski definition) is 3. The molecule has 5 atom stereocenters. The van der Waals surface area contributed by atoms with Crippen LogP contribution in [-0.2, 0) is 20.8 Å². The second-order valence-corrected chi connectivity index (χ2v) is 8.90. The number of para-hydroxylation sites is 1. The van der Waals surface area contributed by atoms with Crippen LogP contribution in [0.2, 0.25) is 0 Å². The number of carbonyl (C=O) groups excluding carboxylic acids is 3. The molecule has 158 valence electrons. The van der Waals surface area contributed by atoms with Crippen molar-refractivity contribution in [2.45, 2.75) is 32.2 Å². The van der Waals surface area contributed by atoms with Crippen LogP contribution in [0.15, 0.2) is 66.7 Å². The molecule has 5 heteroatoms. The lowest BCUT2D eigenvalue weighted by Crippen LogP contribution is -2.49. The summed E-state index contributed by atoms with van der Waals surface area (Å²) < 4.78 is 0. The molecule has 2 bridgehead atoms. The van der Waals surface area contributed by atoms with Crippen LogP contribution in [0.4, 0.5) is 5.69 Å². The molecule has 1 saturated heterocycles. The van der Waals surface area contributed by atoms with Gasteiger partial charge in [0.1, 0.15) is 6.04 Å². The highest BCUT2D eigenvalue weighted by Crippen LogP contribution is 2.50. The van der Waals surface area contributed by atoms with Crippen LogP contribution in [0.5, 0.6) is 0 Å². The summed E-state index contributed by atoms with van der Waals surface area (Å²) >= 11 is 0. The Labute approximate surface area is 182 Å². The van der Waals surface area contributed by atoms with E-state index in [1.165, 1.54) is 4.90 Å². The molecule has 1 heterocycles. The summed E-state index contributed by atoms with van der Waals surface area (Å²) in [6, 6.07) is 16.2. The average molecular weight is 415 g/mol. The van der Waals surface area contributed by atoms with Crippen molar-refractivity contribution in [2.24, 2.45) is 23.7 Å². The molecule has 4 aliphatic rings. The molecular formula is C26H26N2O3. The summed E-state index contributed by atoms with van der Waals surface area (Å²) in [5, 5.41) is 2.97. The molecule has 31 heavy (non-hydrogen) atoms. The van der Waals surface area contributed by atoms with Gasteiger partial charge < -0.3 is 5.32 Å². The average Bonchev–Trinajstić information content (AvgIpc) is 3.07. The maximum atomic E-state index is 13.5. The first-order chi connectivity index (χ1) is 15.0. The number of imide groups is 1. The fraction of sp³-hybridized carbons (Fsp3) is 0.346. The molecular weight excluding hydrogens is 388 g/mol. The number of anilines is 1. The summed E-state index contributed by atoms with van der Waals surface area (Å²) in [5.41, 5.74) is 2.55. The first kappa shape index (κ1) is 19.7. The van der Waals surface area contributed by atoms with Crippen LogP contribution >= 0.6 is 0 Å². The number of amides is 3. The Bertz CT molecular complexity index is 1030. The molecule has 0 unspecified atom stereocenters. The van der Waals surface area contributed by atoms with Gasteiger partial charge in [-0.3, -0.25) is 19.3 Å². The largest absolute Gasteiger partial charge is 0.324 e. The van der Waals surface area contributed by atoms with E-state index in [0.29, 0.717) is 12.1 Å². The number of hydrogen-bond donors (Lipinski definition) is 1. The standard InChI is InChI=1S/C26H26N2O3/c1-16-7-5-6-10-20(16)27-24(29)21(15-17-8-3-2-4-9-17)28-25(30)22-18-11-12-19(14-13-18)23(22)26(28)31/h2-12,18-19,21-23H,13-15H2,1H3,(H,27,29)/t18-,19-,21-,22-,23-/m0/s1. The number of allylic oxidation sites excluding steroid dienone is 2. The molecule has 3 amide bonds. The minimum atomic E-state index is -0.869. The number of benzene rings is 2. The first-order valence-corrected chi connectivity index (χ1v) is 11.0. The Morgan fingerprint density at radius 1 is 0.935 bits per heavy atom. The van der Waals surface area contributed by atoms with Crippen molar-refractivity contribution in [3.05, 3.63) is 77.9 Å². The summed E-state index contributed by atoms with van der Waals surface area (Å²) in [6.45, 7) is 1.92. The smallest absolute Gasteiger partial charge is 0.248 e. The molecule has 2 fully saturated rings. The van der Waals surface area contributed by atoms with Crippen molar-refractivity contribution in [1.29, 1.82) is 0 Å². The van der Waals surface area contributed by atoms with Gasteiger partial charge >= 0.3 is 0 Å². The van der Waals surface area contributed by atoms with Crippen molar-refractivity contribution in [2.75, 3.05) is 5.32 Å². The maximum absolute atomic E-state index is 13.5. The fourth-order valence-electron chi connectivity index (χ4n) is 5.47. The van der Waals surface area contributed by atoms with Crippen LogP contribution in [0.25, 0.3) is 0 Å². The number of fused-ring (bicyclic) bond motifs is 1. The Hall–Kier alpha value is -3.21. The van der Waals surface area contributed by atoms with Gasteiger partial charge in [0.15, 0.2) is 0 Å². The Kier molecular flexibility index (Phi) is 4.97. The third kappa shape index (κ3) is 3.38. The monoisotopic (exact) mass is 414 g/mol.